The molecule has 1 saturated heterocycles. The van der Waals surface area contributed by atoms with Crippen LogP contribution in [0.5, 0.6) is 0 Å². The average Bonchev–Trinajstić information content (AvgIpc) is 3.24. The van der Waals surface area contributed by atoms with Crippen molar-refractivity contribution in [1.82, 2.24) is 19.5 Å². The molecule has 1 aliphatic rings. The normalized spacial score (nSPS) is 17.8. The van der Waals surface area contributed by atoms with Crippen molar-refractivity contribution in [2.45, 2.75) is 25.8 Å². The molecule has 2 aromatic heterocycles. The Kier molecular flexibility index (Phi) is 5.05. The van der Waals surface area contributed by atoms with E-state index in [-0.39, 0.29) is 6.04 Å². The summed E-state index contributed by atoms with van der Waals surface area (Å²) in [5, 5.41) is 3.55. The topological polar surface area (TPSA) is 58.9 Å². The van der Waals surface area contributed by atoms with Crippen molar-refractivity contribution >= 4 is 22.7 Å². The molecule has 0 saturated carbocycles. The molecule has 0 spiro atoms. The van der Waals surface area contributed by atoms with E-state index in [1.54, 1.807) is 0 Å². The Morgan fingerprint density at radius 3 is 2.73 bits per heavy atom. The summed E-state index contributed by atoms with van der Waals surface area (Å²) >= 11 is 0. The summed E-state index contributed by atoms with van der Waals surface area (Å²) in [5.74, 6) is 2.03. The van der Waals surface area contributed by atoms with Gasteiger partial charge in [-0.2, -0.15) is 4.98 Å². The number of aromatic nitrogens is 4. The van der Waals surface area contributed by atoms with Crippen molar-refractivity contribution < 1.29 is 0 Å². The summed E-state index contributed by atoms with van der Waals surface area (Å²) in [4.78, 5) is 16.2. The number of imidazole rings is 1. The Hall–Kier alpha value is -3.41. The first-order valence-corrected chi connectivity index (χ1v) is 10.6. The largest absolute Gasteiger partial charge is 0.371 e. The van der Waals surface area contributed by atoms with E-state index in [4.69, 9.17) is 4.98 Å². The molecule has 6 nitrogen and oxygen atoms in total. The zero-order valence-electron chi connectivity index (χ0n) is 17.1. The number of nitrogens with zero attached hydrogens (tertiary/aromatic N) is 5. The third-order valence-electron chi connectivity index (χ3n) is 5.98. The minimum Gasteiger partial charge on any atom is -0.371 e. The van der Waals surface area contributed by atoms with Crippen molar-refractivity contribution in [3.63, 3.8) is 0 Å². The maximum atomic E-state index is 4.76. The third kappa shape index (κ3) is 3.73. The fourth-order valence-corrected chi connectivity index (χ4v) is 4.31. The highest BCUT2D eigenvalue weighted by Crippen LogP contribution is 2.26. The van der Waals surface area contributed by atoms with Gasteiger partial charge >= 0.3 is 0 Å². The van der Waals surface area contributed by atoms with Gasteiger partial charge in [-0.05, 0) is 56.0 Å². The predicted molar refractivity (Wildman–Crippen MR) is 121 cm³/mol. The van der Waals surface area contributed by atoms with E-state index in [0.717, 1.165) is 29.9 Å². The van der Waals surface area contributed by atoms with Gasteiger partial charge in [0, 0.05) is 31.0 Å². The highest BCUT2D eigenvalue weighted by molar-refractivity contribution is 5.76. The lowest BCUT2D eigenvalue weighted by Crippen LogP contribution is -2.42. The predicted octanol–water partition coefficient (Wildman–Crippen LogP) is 4.53. The van der Waals surface area contributed by atoms with Crippen LogP contribution in [0, 0.1) is 5.92 Å². The van der Waals surface area contributed by atoms with E-state index in [2.05, 4.69) is 63.5 Å². The van der Waals surface area contributed by atoms with E-state index < -0.39 is 0 Å². The second-order valence-corrected chi connectivity index (χ2v) is 7.96. The molecule has 152 valence electrons. The number of rotatable bonds is 5. The molecule has 1 fully saturated rings. The van der Waals surface area contributed by atoms with Gasteiger partial charge < -0.3 is 10.2 Å². The van der Waals surface area contributed by atoms with Crippen molar-refractivity contribution in [2.75, 3.05) is 23.3 Å². The van der Waals surface area contributed by atoms with E-state index in [0.29, 0.717) is 11.9 Å². The Bertz CT molecular complexity index is 1120. The number of benzene rings is 2. The Morgan fingerprint density at radius 2 is 1.83 bits per heavy atom. The highest BCUT2D eigenvalue weighted by atomic mass is 15.2. The van der Waals surface area contributed by atoms with Gasteiger partial charge in [-0.1, -0.05) is 30.3 Å². The smallest absolute Gasteiger partial charge is 0.224 e. The molecule has 0 radical (unpaired) electrons. The van der Waals surface area contributed by atoms with Crippen LogP contribution in [-0.2, 0) is 0 Å². The molecule has 0 amide bonds. The molecule has 6 heteroatoms. The first kappa shape index (κ1) is 18.6. The summed E-state index contributed by atoms with van der Waals surface area (Å²) < 4.78 is 2.00. The van der Waals surface area contributed by atoms with E-state index in [9.17, 15) is 0 Å². The fourth-order valence-electron chi connectivity index (χ4n) is 4.31. The van der Waals surface area contributed by atoms with Gasteiger partial charge in [0.2, 0.25) is 5.95 Å². The minimum atomic E-state index is 0.284. The first-order chi connectivity index (χ1) is 14.8. The Balaban J connectivity index is 1.32. The van der Waals surface area contributed by atoms with E-state index in [1.165, 1.54) is 18.5 Å². The lowest BCUT2D eigenvalue weighted by atomic mass is 9.91. The summed E-state index contributed by atoms with van der Waals surface area (Å²) in [6.45, 7) is 4.40. The van der Waals surface area contributed by atoms with Gasteiger partial charge in [0.05, 0.1) is 11.0 Å². The van der Waals surface area contributed by atoms with E-state index in [1.807, 2.05) is 41.4 Å². The Labute approximate surface area is 176 Å². The number of para-hydroxylation sites is 3. The average molecular weight is 399 g/mol. The number of hydrogen-bond donors (Lipinski definition) is 1. The molecule has 2 unspecified atom stereocenters. The quantitative estimate of drug-likeness (QED) is 0.535. The molecule has 0 bridgehead atoms. The van der Waals surface area contributed by atoms with Gasteiger partial charge in [0.25, 0.3) is 0 Å². The van der Waals surface area contributed by atoms with Crippen LogP contribution in [0.25, 0.3) is 16.9 Å². The number of hydrogen-bond acceptors (Lipinski definition) is 5. The standard InChI is InChI=1S/C24H26N6/c1-18(19-8-7-15-29(16-19)20-9-3-2-4-10-20)27-24-25-14-13-23(28-24)30-17-26-21-11-5-6-12-22(21)30/h2-6,9-14,17-19H,7-8,15-16H2,1H3,(H,25,27,28). The van der Waals surface area contributed by atoms with Crippen LogP contribution in [-0.4, -0.2) is 38.7 Å². The van der Waals surface area contributed by atoms with Gasteiger partial charge in [-0.25, -0.2) is 9.97 Å². The first-order valence-electron chi connectivity index (χ1n) is 10.6. The third-order valence-corrected chi connectivity index (χ3v) is 5.98. The molecule has 3 heterocycles. The zero-order chi connectivity index (χ0) is 20.3. The van der Waals surface area contributed by atoms with Gasteiger partial charge in [-0.3, -0.25) is 4.57 Å². The van der Waals surface area contributed by atoms with Crippen LogP contribution in [0.1, 0.15) is 19.8 Å². The van der Waals surface area contributed by atoms with Crippen molar-refractivity contribution in [2.24, 2.45) is 5.92 Å². The molecular weight excluding hydrogens is 372 g/mol. The number of piperidine rings is 1. The van der Waals surface area contributed by atoms with Crippen LogP contribution >= 0.6 is 0 Å². The molecule has 2 atom stereocenters. The monoisotopic (exact) mass is 398 g/mol. The molecule has 1 aliphatic heterocycles. The zero-order valence-corrected chi connectivity index (χ0v) is 17.1. The maximum absolute atomic E-state index is 4.76. The highest BCUT2D eigenvalue weighted by Gasteiger charge is 2.25. The van der Waals surface area contributed by atoms with Gasteiger partial charge in [-0.15, -0.1) is 0 Å². The number of nitrogens with one attached hydrogen (secondary N) is 1. The molecule has 4 aromatic rings. The molecule has 5 rings (SSSR count). The van der Waals surface area contributed by atoms with Gasteiger partial charge in [0.1, 0.15) is 12.1 Å². The number of anilines is 2. The van der Waals surface area contributed by atoms with Gasteiger partial charge in [0.15, 0.2) is 0 Å². The van der Waals surface area contributed by atoms with Crippen molar-refractivity contribution in [3.8, 4) is 5.82 Å². The summed E-state index contributed by atoms with van der Waals surface area (Å²) in [6, 6.07) is 21.0. The van der Waals surface area contributed by atoms with Crippen LogP contribution in [0.3, 0.4) is 0 Å². The molecule has 1 N–H and O–H groups in total. The lowest BCUT2D eigenvalue weighted by Gasteiger charge is -2.37. The second-order valence-electron chi connectivity index (χ2n) is 7.96. The minimum absolute atomic E-state index is 0.284. The number of fused-ring (bicyclic) bond motifs is 1. The Morgan fingerprint density at radius 1 is 1.00 bits per heavy atom. The van der Waals surface area contributed by atoms with Crippen LogP contribution in [0.2, 0.25) is 0 Å². The van der Waals surface area contributed by atoms with Crippen LogP contribution in [0.15, 0.2) is 73.2 Å². The van der Waals surface area contributed by atoms with Crippen LogP contribution < -0.4 is 10.2 Å². The SMILES string of the molecule is CC(Nc1nccc(-n2cnc3ccccc32)n1)C1CCCN(c2ccccc2)C1. The molecular formula is C24H26N6. The molecule has 30 heavy (non-hydrogen) atoms. The maximum Gasteiger partial charge on any atom is 0.224 e. The van der Waals surface area contributed by atoms with Crippen LogP contribution in [0.4, 0.5) is 11.6 Å². The lowest BCUT2D eigenvalue weighted by molar-refractivity contribution is 0.377. The summed E-state index contributed by atoms with van der Waals surface area (Å²) in [5.41, 5.74) is 3.31. The van der Waals surface area contributed by atoms with Crippen molar-refractivity contribution in [3.05, 3.63) is 73.2 Å². The molecule has 0 aliphatic carbocycles. The van der Waals surface area contributed by atoms with Crippen molar-refractivity contribution in [1.29, 1.82) is 0 Å². The van der Waals surface area contributed by atoms with E-state index >= 15 is 0 Å². The fraction of sp³-hybridized carbons (Fsp3) is 0.292. The molecule has 2 aromatic carbocycles. The second kappa shape index (κ2) is 8.14. The summed E-state index contributed by atoms with van der Waals surface area (Å²) in [6.07, 6.45) is 6.04. The summed E-state index contributed by atoms with van der Waals surface area (Å²) in [7, 11) is 0.